The highest BCUT2D eigenvalue weighted by Crippen LogP contribution is 2.38. The van der Waals surface area contributed by atoms with Crippen LogP contribution in [-0.2, 0) is 13.6 Å². The number of aliphatic hydroxyl groups is 1. The molecule has 0 aliphatic carbocycles. The molecule has 1 aliphatic rings. The van der Waals surface area contributed by atoms with Gasteiger partial charge in [0.05, 0.1) is 19.6 Å². The molecule has 1 aromatic carbocycles. The molecular formula is C24H30N2O4S. The van der Waals surface area contributed by atoms with Gasteiger partial charge in [-0.05, 0) is 43.1 Å². The number of fused-ring (bicyclic) bond motifs is 1. The molecule has 1 atom stereocenters. The molecule has 166 valence electrons. The summed E-state index contributed by atoms with van der Waals surface area (Å²) in [7, 11) is 5.04. The Hall–Kier alpha value is -2.35. The Morgan fingerprint density at radius 1 is 1.19 bits per heavy atom. The van der Waals surface area contributed by atoms with Gasteiger partial charge in [0.15, 0.2) is 11.5 Å². The molecule has 0 radical (unpaired) electrons. The summed E-state index contributed by atoms with van der Waals surface area (Å²) >= 11 is 1.68. The monoisotopic (exact) mass is 442 g/mol. The molecule has 0 amide bonds. The van der Waals surface area contributed by atoms with E-state index in [2.05, 4.69) is 11.8 Å². The van der Waals surface area contributed by atoms with Crippen LogP contribution >= 0.6 is 11.3 Å². The molecule has 4 rings (SSSR count). The van der Waals surface area contributed by atoms with Crippen LogP contribution < -0.4 is 15.0 Å². The normalized spacial score (nSPS) is 19.6. The number of benzene rings is 1. The van der Waals surface area contributed by atoms with Gasteiger partial charge in [-0.15, -0.1) is 11.3 Å². The number of hydrogen-bond donors (Lipinski definition) is 1. The lowest BCUT2D eigenvalue weighted by Crippen LogP contribution is -2.42. The maximum absolute atomic E-state index is 12.9. The van der Waals surface area contributed by atoms with Crippen molar-refractivity contribution in [2.45, 2.75) is 26.3 Å². The largest absolute Gasteiger partial charge is 0.493 e. The van der Waals surface area contributed by atoms with Gasteiger partial charge in [0, 0.05) is 53.5 Å². The zero-order valence-corrected chi connectivity index (χ0v) is 19.4. The van der Waals surface area contributed by atoms with Crippen molar-refractivity contribution in [1.82, 2.24) is 9.47 Å². The van der Waals surface area contributed by atoms with Crippen LogP contribution in [0.3, 0.4) is 0 Å². The van der Waals surface area contributed by atoms with Crippen LogP contribution in [0.5, 0.6) is 11.5 Å². The van der Waals surface area contributed by atoms with Crippen molar-refractivity contribution in [3.8, 4) is 22.6 Å². The zero-order chi connectivity index (χ0) is 22.2. The smallest absolute Gasteiger partial charge is 0.259 e. The number of nitrogens with zero attached hydrogens (tertiary/aromatic N) is 2. The van der Waals surface area contributed by atoms with Gasteiger partial charge in [-0.2, -0.15) is 0 Å². The topological polar surface area (TPSA) is 63.9 Å². The van der Waals surface area contributed by atoms with E-state index in [9.17, 15) is 9.90 Å². The minimum Gasteiger partial charge on any atom is -0.493 e. The Bertz CT molecular complexity index is 1150. The number of pyridine rings is 1. The minimum atomic E-state index is -0.0458. The molecule has 2 aromatic heterocycles. The van der Waals surface area contributed by atoms with Crippen LogP contribution in [0.25, 0.3) is 21.2 Å². The van der Waals surface area contributed by atoms with E-state index < -0.39 is 0 Å². The summed E-state index contributed by atoms with van der Waals surface area (Å²) in [5, 5.41) is 10.5. The lowest BCUT2D eigenvalue weighted by molar-refractivity contribution is 0.0434. The summed E-state index contributed by atoms with van der Waals surface area (Å²) < 4.78 is 13.5. The number of ether oxygens (including phenoxy) is 2. The van der Waals surface area contributed by atoms with Crippen LogP contribution in [-0.4, -0.2) is 48.5 Å². The van der Waals surface area contributed by atoms with Gasteiger partial charge in [0.1, 0.15) is 0 Å². The van der Waals surface area contributed by atoms with E-state index in [1.807, 2.05) is 30.5 Å². The molecule has 6 nitrogen and oxygen atoms in total. The van der Waals surface area contributed by atoms with Gasteiger partial charge in [-0.1, -0.05) is 13.0 Å². The number of methoxy groups -OCH3 is 2. The summed E-state index contributed by atoms with van der Waals surface area (Å²) in [4.78, 5) is 16.4. The highest BCUT2D eigenvalue weighted by molar-refractivity contribution is 7.19. The molecular weight excluding hydrogens is 412 g/mol. The summed E-state index contributed by atoms with van der Waals surface area (Å²) in [6.07, 6.45) is 4.03. The molecule has 0 spiro atoms. The molecule has 1 saturated heterocycles. The maximum Gasteiger partial charge on any atom is 0.259 e. The average molecular weight is 443 g/mol. The van der Waals surface area contributed by atoms with Crippen molar-refractivity contribution in [3.05, 3.63) is 45.7 Å². The number of aromatic nitrogens is 1. The van der Waals surface area contributed by atoms with E-state index in [1.54, 1.807) is 37.2 Å². The second-order valence-electron chi connectivity index (χ2n) is 8.77. The first-order valence-electron chi connectivity index (χ1n) is 10.5. The number of thiophene rings is 1. The number of piperidine rings is 1. The molecule has 3 aromatic rings. The number of aliphatic hydroxyl groups excluding tert-OH is 1. The second kappa shape index (κ2) is 8.65. The zero-order valence-electron chi connectivity index (χ0n) is 18.6. The molecule has 1 aliphatic heterocycles. The van der Waals surface area contributed by atoms with E-state index in [0.29, 0.717) is 11.5 Å². The van der Waals surface area contributed by atoms with Crippen molar-refractivity contribution < 1.29 is 14.6 Å². The van der Waals surface area contributed by atoms with Crippen LogP contribution in [0.15, 0.2) is 35.3 Å². The van der Waals surface area contributed by atoms with Crippen LogP contribution in [0, 0.1) is 5.41 Å². The van der Waals surface area contributed by atoms with Gasteiger partial charge >= 0.3 is 0 Å². The standard InChI is InChI=1S/C24H30N2O4S/c1-24(15-27)8-5-9-26(14-24)12-17-11-18-22(31-17)19(13-25(2)23(18)28)16-6-7-20(29-3)21(10-16)30-4/h6-7,10-11,13,27H,5,8-9,12,14-15H2,1-4H3. The highest BCUT2D eigenvalue weighted by atomic mass is 32.1. The molecule has 0 bridgehead atoms. The molecule has 3 heterocycles. The maximum atomic E-state index is 12.9. The third-order valence-corrected chi connectivity index (χ3v) is 7.37. The number of hydrogen-bond acceptors (Lipinski definition) is 6. The highest BCUT2D eigenvalue weighted by Gasteiger charge is 2.30. The van der Waals surface area contributed by atoms with Crippen LogP contribution in [0.1, 0.15) is 24.6 Å². The van der Waals surface area contributed by atoms with E-state index in [0.717, 1.165) is 53.7 Å². The van der Waals surface area contributed by atoms with E-state index in [1.165, 1.54) is 4.88 Å². The summed E-state index contributed by atoms with van der Waals surface area (Å²) in [5.41, 5.74) is 1.96. The number of rotatable bonds is 6. The van der Waals surface area contributed by atoms with Crippen molar-refractivity contribution in [3.63, 3.8) is 0 Å². The number of likely N-dealkylation sites (tertiary alicyclic amines) is 1. The van der Waals surface area contributed by atoms with E-state index in [4.69, 9.17) is 9.47 Å². The summed E-state index contributed by atoms with van der Waals surface area (Å²) in [6.45, 7) is 5.04. The van der Waals surface area contributed by atoms with Gasteiger partial charge in [-0.25, -0.2) is 0 Å². The SMILES string of the molecule is COc1ccc(-c2cn(C)c(=O)c3cc(CN4CCCC(C)(CO)C4)sc23)cc1OC. The van der Waals surface area contributed by atoms with E-state index >= 15 is 0 Å². The summed E-state index contributed by atoms with van der Waals surface area (Å²) in [6, 6.07) is 7.88. The van der Waals surface area contributed by atoms with Gasteiger partial charge < -0.3 is 19.1 Å². The van der Waals surface area contributed by atoms with Crippen molar-refractivity contribution in [1.29, 1.82) is 0 Å². The quantitative estimate of drug-likeness (QED) is 0.628. The first-order valence-corrected chi connectivity index (χ1v) is 11.4. The molecule has 0 saturated carbocycles. The average Bonchev–Trinajstić information content (AvgIpc) is 3.19. The molecule has 1 N–H and O–H groups in total. The van der Waals surface area contributed by atoms with Crippen molar-refractivity contribution in [2.75, 3.05) is 33.9 Å². The molecule has 7 heteroatoms. The number of aryl methyl sites for hydroxylation is 1. The minimum absolute atomic E-state index is 0.0144. The lowest BCUT2D eigenvalue weighted by atomic mass is 9.83. The van der Waals surface area contributed by atoms with Crippen LogP contribution in [0.4, 0.5) is 0 Å². The Morgan fingerprint density at radius 3 is 2.68 bits per heavy atom. The lowest BCUT2D eigenvalue weighted by Gasteiger charge is -2.39. The van der Waals surface area contributed by atoms with Gasteiger partial charge in [0.2, 0.25) is 0 Å². The predicted octanol–water partition coefficient (Wildman–Crippen LogP) is 3.88. The predicted molar refractivity (Wildman–Crippen MR) is 125 cm³/mol. The third kappa shape index (κ3) is 4.22. The van der Waals surface area contributed by atoms with Crippen LogP contribution in [0.2, 0.25) is 0 Å². The van der Waals surface area contributed by atoms with Crippen molar-refractivity contribution in [2.24, 2.45) is 12.5 Å². The fourth-order valence-electron chi connectivity index (χ4n) is 4.50. The van der Waals surface area contributed by atoms with E-state index in [-0.39, 0.29) is 17.6 Å². The Labute approximate surface area is 186 Å². The van der Waals surface area contributed by atoms with Gasteiger partial charge in [-0.3, -0.25) is 9.69 Å². The second-order valence-corrected chi connectivity index (χ2v) is 9.90. The fourth-order valence-corrected chi connectivity index (χ4v) is 5.72. The van der Waals surface area contributed by atoms with Crippen molar-refractivity contribution >= 4 is 21.4 Å². The summed E-state index contributed by atoms with van der Waals surface area (Å²) in [5.74, 6) is 1.34. The molecule has 1 fully saturated rings. The molecule has 1 unspecified atom stereocenters. The Balaban J connectivity index is 1.74. The first kappa shape index (κ1) is 21.9. The fraction of sp³-hybridized carbons (Fsp3) is 0.458. The first-order chi connectivity index (χ1) is 14.9. The Morgan fingerprint density at radius 2 is 1.97 bits per heavy atom. The Kier molecular flexibility index (Phi) is 6.10. The third-order valence-electron chi connectivity index (χ3n) is 6.22. The molecule has 31 heavy (non-hydrogen) atoms. The van der Waals surface area contributed by atoms with Gasteiger partial charge in [0.25, 0.3) is 5.56 Å².